The van der Waals surface area contributed by atoms with Crippen LogP contribution in [0, 0.1) is 0 Å². The number of allylic oxidation sites excluding steroid dienone is 1. The molecule has 7 nitrogen and oxygen atoms in total. The van der Waals surface area contributed by atoms with Crippen molar-refractivity contribution in [3.8, 4) is 0 Å². The summed E-state index contributed by atoms with van der Waals surface area (Å²) in [6.45, 7) is 5.65. The fourth-order valence-electron chi connectivity index (χ4n) is 5.59. The van der Waals surface area contributed by atoms with E-state index in [-0.39, 0.29) is 22.0 Å². The molecule has 33 heavy (non-hydrogen) atoms. The Balaban J connectivity index is 1.54. The zero-order chi connectivity index (χ0) is 23.7. The van der Waals surface area contributed by atoms with E-state index < -0.39 is 21.6 Å². The molecular weight excluding hydrogens is 440 g/mol. The third-order valence-corrected chi connectivity index (χ3v) is 8.17. The number of ketones is 2. The van der Waals surface area contributed by atoms with Gasteiger partial charge in [0, 0.05) is 17.7 Å². The van der Waals surface area contributed by atoms with E-state index in [0.717, 1.165) is 54.7 Å². The van der Waals surface area contributed by atoms with Gasteiger partial charge in [0.05, 0.1) is 15.9 Å². The second-order valence-electron chi connectivity index (χ2n) is 9.67. The van der Waals surface area contributed by atoms with Gasteiger partial charge < -0.3 is 0 Å². The molecule has 0 unspecified atom stereocenters. The van der Waals surface area contributed by atoms with Gasteiger partial charge in [0.2, 0.25) is 5.69 Å². The smallest absolute Gasteiger partial charge is 0.292 e. The van der Waals surface area contributed by atoms with Crippen molar-refractivity contribution in [1.82, 2.24) is 4.90 Å². The van der Waals surface area contributed by atoms with E-state index in [1.54, 1.807) is 12.1 Å². The van der Waals surface area contributed by atoms with Crippen LogP contribution in [0.5, 0.6) is 0 Å². The van der Waals surface area contributed by atoms with E-state index in [2.05, 4.69) is 0 Å². The Bertz CT molecular complexity index is 1380. The van der Waals surface area contributed by atoms with Gasteiger partial charge in [-0.2, -0.15) is 13.0 Å². The molecule has 0 atom stereocenters. The fraction of sp³-hybridized carbons (Fsp3) is 0.400. The zero-order valence-electron chi connectivity index (χ0n) is 19.0. The summed E-state index contributed by atoms with van der Waals surface area (Å²) in [5.41, 5.74) is 2.50. The predicted molar refractivity (Wildman–Crippen MR) is 125 cm³/mol. The van der Waals surface area contributed by atoms with Crippen LogP contribution in [0.1, 0.15) is 38.7 Å². The van der Waals surface area contributed by atoms with Crippen LogP contribution in [0.3, 0.4) is 0 Å². The van der Waals surface area contributed by atoms with Crippen LogP contribution in [0.4, 0.5) is 5.69 Å². The molecule has 2 aliphatic heterocycles. The summed E-state index contributed by atoms with van der Waals surface area (Å²) in [4.78, 5) is 27.8. The Morgan fingerprint density at radius 2 is 1.73 bits per heavy atom. The molecule has 3 aliphatic rings. The van der Waals surface area contributed by atoms with Gasteiger partial charge in [-0.25, -0.2) is 0 Å². The molecule has 2 aromatic carbocycles. The van der Waals surface area contributed by atoms with E-state index in [9.17, 15) is 22.6 Å². The molecule has 0 aromatic heterocycles. The average Bonchev–Trinajstić information content (AvgIpc) is 2.97. The maximum absolute atomic E-state index is 13.0. The topological polar surface area (TPSA) is 94.8 Å². The van der Waals surface area contributed by atoms with Crippen molar-refractivity contribution in [3.05, 3.63) is 47.5 Å². The van der Waals surface area contributed by atoms with Gasteiger partial charge >= 0.3 is 0 Å². The molecule has 2 aromatic rings. The molecule has 1 aliphatic carbocycles. The van der Waals surface area contributed by atoms with Crippen LogP contribution in [-0.2, 0) is 25.1 Å². The normalized spacial score (nSPS) is 23.2. The van der Waals surface area contributed by atoms with Crippen molar-refractivity contribution in [1.29, 1.82) is 0 Å². The summed E-state index contributed by atoms with van der Waals surface area (Å²) in [6.07, 6.45) is 4.92. The summed E-state index contributed by atoms with van der Waals surface area (Å²) in [5.74, 6) is -0.200. The Labute approximate surface area is 193 Å². The minimum atomic E-state index is -4.30. The van der Waals surface area contributed by atoms with E-state index in [0.29, 0.717) is 5.39 Å². The lowest BCUT2D eigenvalue weighted by atomic mass is 9.75. The highest BCUT2D eigenvalue weighted by Crippen LogP contribution is 2.44. The highest BCUT2D eigenvalue weighted by Gasteiger charge is 2.51. The Morgan fingerprint density at radius 3 is 2.36 bits per heavy atom. The van der Waals surface area contributed by atoms with Gasteiger partial charge in [-0.1, -0.05) is 12.5 Å². The number of piperidine rings is 1. The number of likely N-dealkylation sites (tertiary alicyclic amines) is 1. The number of hydrogen-bond donors (Lipinski definition) is 1. The van der Waals surface area contributed by atoms with Crippen molar-refractivity contribution in [2.24, 2.45) is 0 Å². The first-order chi connectivity index (χ1) is 15.5. The number of carbonyl (C=O) groups is 2. The van der Waals surface area contributed by atoms with E-state index >= 15 is 0 Å². The molecule has 2 heterocycles. The monoisotopic (exact) mass is 467 g/mol. The minimum absolute atomic E-state index is 0.0998. The fourth-order valence-corrected chi connectivity index (χ4v) is 6.11. The lowest BCUT2D eigenvalue weighted by Gasteiger charge is -2.38. The first-order valence-electron chi connectivity index (χ1n) is 11.2. The maximum Gasteiger partial charge on any atom is 0.294 e. The molecule has 1 saturated carbocycles. The van der Waals surface area contributed by atoms with Crippen LogP contribution >= 0.6 is 0 Å². The Kier molecular flexibility index (Phi) is 4.97. The molecule has 0 spiro atoms. The van der Waals surface area contributed by atoms with Gasteiger partial charge in [-0.3, -0.25) is 19.0 Å². The molecule has 1 N–H and O–H groups in total. The first-order valence-corrected chi connectivity index (χ1v) is 12.7. The van der Waals surface area contributed by atoms with Gasteiger partial charge in [-0.15, -0.1) is 0 Å². The largest absolute Gasteiger partial charge is 0.294 e. The van der Waals surface area contributed by atoms with Gasteiger partial charge in [-0.05, 0) is 68.8 Å². The summed E-state index contributed by atoms with van der Waals surface area (Å²) in [6, 6.07) is 7.65. The van der Waals surface area contributed by atoms with Gasteiger partial charge in [0.25, 0.3) is 10.1 Å². The van der Waals surface area contributed by atoms with Crippen molar-refractivity contribution in [3.63, 3.8) is 0 Å². The third-order valence-electron chi connectivity index (χ3n) is 7.32. The molecule has 172 valence electrons. The zero-order valence-corrected chi connectivity index (χ0v) is 19.8. The number of fused-ring (bicyclic) bond motifs is 3. The average molecular weight is 468 g/mol. The number of carbonyl (C=O) groups excluding carboxylic acids is 2. The molecule has 0 amide bonds. The number of hydrogen-bond acceptors (Lipinski definition) is 5. The molecule has 0 bridgehead atoms. The highest BCUT2D eigenvalue weighted by molar-refractivity contribution is 7.85. The predicted octanol–water partition coefficient (Wildman–Crippen LogP) is 3.03. The van der Waals surface area contributed by atoms with Crippen molar-refractivity contribution in [2.75, 3.05) is 20.1 Å². The van der Waals surface area contributed by atoms with Crippen LogP contribution in [0.25, 0.3) is 10.8 Å². The highest BCUT2D eigenvalue weighted by atomic mass is 32.2. The van der Waals surface area contributed by atoms with Crippen LogP contribution in [0.2, 0.25) is 0 Å². The lowest BCUT2D eigenvalue weighted by Crippen LogP contribution is -2.58. The third kappa shape index (κ3) is 3.31. The van der Waals surface area contributed by atoms with Crippen LogP contribution < -0.4 is 0 Å². The van der Waals surface area contributed by atoms with Crippen molar-refractivity contribution in [2.45, 2.75) is 49.5 Å². The maximum atomic E-state index is 13.0. The molecule has 5 rings (SSSR count). The van der Waals surface area contributed by atoms with Gasteiger partial charge in [0.1, 0.15) is 13.1 Å². The Hall–Kier alpha value is -2.68. The number of rotatable bonds is 3. The quantitative estimate of drug-likeness (QED) is 0.245. The van der Waals surface area contributed by atoms with Crippen LogP contribution in [0.15, 0.2) is 46.9 Å². The van der Waals surface area contributed by atoms with Crippen molar-refractivity contribution < 1.29 is 27.1 Å². The second-order valence-corrected chi connectivity index (χ2v) is 11.1. The molecule has 0 radical (unpaired) electrons. The summed E-state index contributed by atoms with van der Waals surface area (Å²) >= 11 is 0. The van der Waals surface area contributed by atoms with E-state index in [4.69, 9.17) is 0 Å². The number of benzene rings is 2. The first kappa shape index (κ1) is 22.1. The number of Topliss-reactive ketones (excluding diaryl/α,β-unsaturated/α-hetero) is 2. The second kappa shape index (κ2) is 7.41. The summed E-state index contributed by atoms with van der Waals surface area (Å²) in [7, 11) is -2.39. The Morgan fingerprint density at radius 1 is 1.06 bits per heavy atom. The van der Waals surface area contributed by atoms with E-state index in [1.165, 1.54) is 12.1 Å². The summed E-state index contributed by atoms with van der Waals surface area (Å²) < 4.78 is 34.6. The van der Waals surface area contributed by atoms with Crippen LogP contribution in [-0.4, -0.2) is 65.9 Å². The standard InChI is InChI=1S/C25H26N2O5S/c1-25(2)20(14-18-23(28)22(24(18)29)27-11-5-4-6-12-27)26(3)19-10-7-15-13-16(33(30,31)32)8-9-17(15)21(19)25/h7-10,13-14,22H,4-6,11-12H2,1-3H3/p+1. The lowest BCUT2D eigenvalue weighted by molar-refractivity contribution is -0.401. The molecule has 8 heteroatoms. The molecule has 2 fully saturated rings. The molecule has 1 saturated heterocycles. The SMILES string of the molecule is C[N+]1=C(C=C2C(=O)C(N3CCCCC3)C2=O)C(C)(C)c2c1ccc1cc(S(=O)(=O)O)ccc21. The van der Waals surface area contributed by atoms with Crippen molar-refractivity contribution >= 4 is 43.9 Å². The minimum Gasteiger partial charge on any atom is -0.292 e. The number of nitrogens with zero attached hydrogens (tertiary/aromatic N) is 2. The molecular formula is C25H27N2O5S+. The van der Waals surface area contributed by atoms with Gasteiger partial charge in [0.15, 0.2) is 17.3 Å². The van der Waals surface area contributed by atoms with E-state index in [1.807, 2.05) is 42.5 Å². The summed E-state index contributed by atoms with van der Waals surface area (Å²) in [5, 5.41) is 1.56.